The van der Waals surface area contributed by atoms with E-state index in [1.165, 1.54) is 0 Å². The van der Waals surface area contributed by atoms with Gasteiger partial charge >= 0.3 is 0 Å². The number of fused-ring (bicyclic) bond motifs is 1. The fourth-order valence-electron chi connectivity index (χ4n) is 2.78. The Kier molecular flexibility index (Phi) is 4.30. The maximum atomic E-state index is 12.4. The number of ketones is 1. The quantitative estimate of drug-likeness (QED) is 0.665. The third-order valence-corrected chi connectivity index (χ3v) is 4.46. The summed E-state index contributed by atoms with van der Waals surface area (Å²) in [5.41, 5.74) is 2.75. The van der Waals surface area contributed by atoms with Crippen molar-refractivity contribution in [1.29, 1.82) is 0 Å². The summed E-state index contributed by atoms with van der Waals surface area (Å²) < 4.78 is 13.0. The van der Waals surface area contributed by atoms with Crippen LogP contribution >= 0.6 is 0 Å². The molecule has 24 heavy (non-hydrogen) atoms. The topological polar surface area (TPSA) is 40.5 Å². The molecule has 0 unspecified atom stereocenters. The molecule has 0 spiro atoms. The number of nitrogens with zero attached hydrogens (tertiary/aromatic N) is 1. The Balaban J connectivity index is 1.77. The van der Waals surface area contributed by atoms with Crippen molar-refractivity contribution >= 4 is 16.6 Å². The number of ether oxygens (including phenoxy) is 2. The van der Waals surface area contributed by atoms with Crippen molar-refractivity contribution in [2.24, 2.45) is 7.05 Å². The van der Waals surface area contributed by atoms with Crippen LogP contribution in [0, 0.1) is 13.8 Å². The van der Waals surface area contributed by atoms with Gasteiger partial charge in [0.2, 0.25) is 5.78 Å². The Hall–Kier alpha value is -2.75. The Morgan fingerprint density at radius 2 is 1.67 bits per heavy atom. The first kappa shape index (κ1) is 16.1. The fourth-order valence-corrected chi connectivity index (χ4v) is 2.78. The first-order valence-corrected chi connectivity index (χ1v) is 7.86. The van der Waals surface area contributed by atoms with Gasteiger partial charge in [-0.15, -0.1) is 0 Å². The zero-order valence-corrected chi connectivity index (χ0v) is 14.4. The summed E-state index contributed by atoms with van der Waals surface area (Å²) in [5.74, 6) is 1.46. The van der Waals surface area contributed by atoms with E-state index in [1.807, 2.05) is 67.9 Å². The molecule has 0 saturated heterocycles. The number of aryl methyl sites for hydroxylation is 1. The number of hydrogen-bond donors (Lipinski definition) is 0. The van der Waals surface area contributed by atoms with E-state index in [0.29, 0.717) is 5.75 Å². The Labute approximate surface area is 141 Å². The van der Waals surface area contributed by atoms with Crippen LogP contribution in [0.15, 0.2) is 42.5 Å². The lowest BCUT2D eigenvalue weighted by atomic mass is 10.1. The molecule has 0 saturated carbocycles. The second kappa shape index (κ2) is 6.40. The first-order chi connectivity index (χ1) is 11.5. The fraction of sp³-hybridized carbons (Fsp3) is 0.250. The van der Waals surface area contributed by atoms with Crippen LogP contribution in [0.4, 0.5) is 0 Å². The molecule has 2 aromatic carbocycles. The number of rotatable bonds is 5. The number of benzene rings is 2. The Morgan fingerprint density at radius 1 is 1.00 bits per heavy atom. The summed E-state index contributed by atoms with van der Waals surface area (Å²) in [4.78, 5) is 12.4. The van der Waals surface area contributed by atoms with E-state index < -0.39 is 0 Å². The molecule has 0 N–H and O–H groups in total. The maximum Gasteiger partial charge on any atom is 0.202 e. The average Bonchev–Trinajstić information content (AvgIpc) is 2.86. The normalized spacial score (nSPS) is 10.8. The van der Waals surface area contributed by atoms with Crippen LogP contribution in [0.5, 0.6) is 11.5 Å². The van der Waals surface area contributed by atoms with Crippen molar-refractivity contribution < 1.29 is 14.3 Å². The third kappa shape index (κ3) is 3.00. The Bertz CT molecular complexity index is 909. The van der Waals surface area contributed by atoms with E-state index in [0.717, 1.165) is 33.5 Å². The van der Waals surface area contributed by atoms with Gasteiger partial charge in [-0.3, -0.25) is 4.79 Å². The third-order valence-electron chi connectivity index (χ3n) is 4.46. The zero-order chi connectivity index (χ0) is 17.3. The van der Waals surface area contributed by atoms with Gasteiger partial charge in [0.15, 0.2) is 6.61 Å². The molecule has 0 fully saturated rings. The molecule has 4 nitrogen and oxygen atoms in total. The monoisotopic (exact) mass is 323 g/mol. The van der Waals surface area contributed by atoms with Gasteiger partial charge in [-0.25, -0.2) is 0 Å². The van der Waals surface area contributed by atoms with Crippen LogP contribution < -0.4 is 9.47 Å². The minimum Gasteiger partial charge on any atom is -0.497 e. The summed E-state index contributed by atoms with van der Waals surface area (Å²) in [6.45, 7) is 3.96. The average molecular weight is 323 g/mol. The summed E-state index contributed by atoms with van der Waals surface area (Å²) in [6.07, 6.45) is 0. The van der Waals surface area contributed by atoms with Crippen LogP contribution in [0.1, 0.15) is 21.7 Å². The van der Waals surface area contributed by atoms with Crippen molar-refractivity contribution in [2.45, 2.75) is 13.8 Å². The molecule has 1 heterocycles. The minimum absolute atomic E-state index is 0.0121. The second-order valence-corrected chi connectivity index (χ2v) is 5.93. The van der Waals surface area contributed by atoms with Gasteiger partial charge in [-0.1, -0.05) is 12.1 Å². The smallest absolute Gasteiger partial charge is 0.202 e. The molecular weight excluding hydrogens is 302 g/mol. The van der Waals surface area contributed by atoms with E-state index in [2.05, 4.69) is 0 Å². The van der Waals surface area contributed by atoms with Crippen molar-refractivity contribution in [3.05, 3.63) is 59.4 Å². The van der Waals surface area contributed by atoms with E-state index in [9.17, 15) is 4.79 Å². The van der Waals surface area contributed by atoms with Crippen LogP contribution in [0.25, 0.3) is 10.8 Å². The van der Waals surface area contributed by atoms with Gasteiger partial charge in [-0.05, 0) is 55.0 Å². The van der Waals surface area contributed by atoms with Gasteiger partial charge in [0.25, 0.3) is 0 Å². The van der Waals surface area contributed by atoms with E-state index in [-0.39, 0.29) is 12.4 Å². The van der Waals surface area contributed by atoms with Crippen molar-refractivity contribution in [2.75, 3.05) is 13.7 Å². The minimum atomic E-state index is -0.0121. The van der Waals surface area contributed by atoms with E-state index in [4.69, 9.17) is 9.47 Å². The highest BCUT2D eigenvalue weighted by molar-refractivity contribution is 5.98. The molecule has 3 rings (SSSR count). The van der Waals surface area contributed by atoms with Crippen LogP contribution in [0.3, 0.4) is 0 Å². The Morgan fingerprint density at radius 3 is 2.29 bits per heavy atom. The second-order valence-electron chi connectivity index (χ2n) is 5.93. The molecule has 0 bridgehead atoms. The highest BCUT2D eigenvalue weighted by Gasteiger charge is 2.14. The highest BCUT2D eigenvalue weighted by atomic mass is 16.5. The number of hydrogen-bond acceptors (Lipinski definition) is 3. The van der Waals surface area contributed by atoms with Crippen LogP contribution in [0.2, 0.25) is 0 Å². The SMILES string of the molecule is COc1ccc2ccc(OCC(=O)c3cc(C)n(C)c3C)cc2c1. The largest absolute Gasteiger partial charge is 0.497 e. The lowest BCUT2D eigenvalue weighted by Gasteiger charge is -2.08. The molecular formula is C20H21NO3. The lowest BCUT2D eigenvalue weighted by Crippen LogP contribution is -2.12. The van der Waals surface area contributed by atoms with Crippen molar-refractivity contribution in [3.63, 3.8) is 0 Å². The van der Waals surface area contributed by atoms with Crippen molar-refractivity contribution in [3.8, 4) is 11.5 Å². The summed E-state index contributed by atoms with van der Waals surface area (Å²) in [5, 5.41) is 2.12. The predicted octanol–water partition coefficient (Wildman–Crippen LogP) is 4.07. The molecule has 0 amide bonds. The highest BCUT2D eigenvalue weighted by Crippen LogP contribution is 2.25. The lowest BCUT2D eigenvalue weighted by molar-refractivity contribution is 0.0921. The number of aromatic nitrogens is 1. The van der Waals surface area contributed by atoms with Crippen LogP contribution in [-0.4, -0.2) is 24.1 Å². The number of carbonyl (C=O) groups excluding carboxylic acids is 1. The first-order valence-electron chi connectivity index (χ1n) is 7.86. The van der Waals surface area contributed by atoms with Gasteiger partial charge in [0.05, 0.1) is 7.11 Å². The molecule has 0 radical (unpaired) electrons. The number of methoxy groups -OCH3 is 1. The van der Waals surface area contributed by atoms with E-state index >= 15 is 0 Å². The standard InChI is InChI=1S/C20H21NO3/c1-13-9-19(14(2)21(13)3)20(22)12-24-18-8-6-15-5-7-17(23-4)10-16(15)11-18/h5-11H,12H2,1-4H3. The summed E-state index contributed by atoms with van der Waals surface area (Å²) in [6, 6.07) is 13.6. The molecule has 124 valence electrons. The van der Waals surface area contributed by atoms with Gasteiger partial charge in [-0.2, -0.15) is 0 Å². The predicted molar refractivity (Wildman–Crippen MR) is 95.2 cm³/mol. The maximum absolute atomic E-state index is 12.4. The van der Waals surface area contributed by atoms with Gasteiger partial charge in [0, 0.05) is 24.0 Å². The molecule has 0 aliphatic heterocycles. The molecule has 1 aromatic heterocycles. The zero-order valence-electron chi connectivity index (χ0n) is 14.4. The van der Waals surface area contributed by atoms with Gasteiger partial charge in [0.1, 0.15) is 11.5 Å². The molecule has 0 aliphatic carbocycles. The van der Waals surface area contributed by atoms with Gasteiger partial charge < -0.3 is 14.0 Å². The van der Waals surface area contributed by atoms with E-state index in [1.54, 1.807) is 7.11 Å². The number of carbonyl (C=O) groups is 1. The number of Topliss-reactive ketones (excluding diaryl/α,β-unsaturated/α-hetero) is 1. The van der Waals surface area contributed by atoms with Crippen molar-refractivity contribution in [1.82, 2.24) is 4.57 Å². The molecule has 3 aromatic rings. The summed E-state index contributed by atoms with van der Waals surface area (Å²) in [7, 11) is 3.60. The van der Waals surface area contributed by atoms with Crippen LogP contribution in [-0.2, 0) is 7.05 Å². The molecule has 0 aliphatic rings. The summed E-state index contributed by atoms with van der Waals surface area (Å²) >= 11 is 0. The molecule has 0 atom stereocenters. The molecule has 4 heteroatoms.